The third-order valence-electron chi connectivity index (χ3n) is 2.87. The van der Waals surface area contributed by atoms with Gasteiger partial charge in [0.15, 0.2) is 0 Å². The molecule has 0 fully saturated rings. The highest BCUT2D eigenvalue weighted by Gasteiger charge is 2.28. The van der Waals surface area contributed by atoms with Crippen LogP contribution in [0.3, 0.4) is 0 Å². The molecule has 4 amide bonds. The number of thiol groups is 1. The summed E-state index contributed by atoms with van der Waals surface area (Å²) in [5.74, 6) is -4.74. The number of hydrogen-bond donors (Lipinski definition) is 7. The largest absolute Gasteiger partial charge is 0.480 e. The smallest absolute Gasteiger partial charge is 0.326 e. The van der Waals surface area contributed by atoms with Gasteiger partial charge >= 0.3 is 5.97 Å². The minimum Gasteiger partial charge on any atom is -0.480 e. The second-order valence-electron chi connectivity index (χ2n) is 4.93. The van der Waals surface area contributed by atoms with E-state index in [9.17, 15) is 24.0 Å². The molecule has 0 unspecified atom stereocenters. The standard InChI is InChI=1S/C12H21N5O6S/c13-5(1-2-8(14)18)10(20)17-7(4-24)11(21)16-6(12(22)23)3-9(15)19/h5-7,24H,1-4,13H2,(H2,14,18)(H2,15,19)(H,16,21)(H,17,20)(H,22,23)/t5-,6-,7-/m0/s1. The molecule has 0 spiro atoms. The number of rotatable bonds is 11. The van der Waals surface area contributed by atoms with Gasteiger partial charge in [-0.15, -0.1) is 0 Å². The normalized spacial score (nSPS) is 14.1. The maximum Gasteiger partial charge on any atom is 0.326 e. The third kappa shape index (κ3) is 8.33. The molecule has 0 saturated heterocycles. The fourth-order valence-electron chi connectivity index (χ4n) is 1.58. The van der Waals surface area contributed by atoms with E-state index in [1.807, 2.05) is 0 Å². The predicted molar refractivity (Wildman–Crippen MR) is 85.6 cm³/mol. The summed E-state index contributed by atoms with van der Waals surface area (Å²) in [6.07, 6.45) is -0.722. The molecule has 24 heavy (non-hydrogen) atoms. The fourth-order valence-corrected chi connectivity index (χ4v) is 1.83. The van der Waals surface area contributed by atoms with Crippen molar-refractivity contribution < 1.29 is 29.1 Å². The van der Waals surface area contributed by atoms with E-state index in [1.165, 1.54) is 0 Å². The zero-order valence-electron chi connectivity index (χ0n) is 12.7. The number of amides is 4. The van der Waals surface area contributed by atoms with Crippen LogP contribution in [-0.2, 0) is 24.0 Å². The van der Waals surface area contributed by atoms with Gasteiger partial charge in [0.2, 0.25) is 23.6 Å². The number of carboxylic acid groups (broad SMARTS) is 1. The van der Waals surface area contributed by atoms with Gasteiger partial charge in [-0.2, -0.15) is 12.6 Å². The Kier molecular flexibility index (Phi) is 9.42. The Hall–Kier alpha value is -2.34. The minimum atomic E-state index is -1.53. The molecule has 0 aromatic rings. The lowest BCUT2D eigenvalue weighted by Crippen LogP contribution is -2.55. The van der Waals surface area contributed by atoms with Crippen molar-refractivity contribution in [3.63, 3.8) is 0 Å². The van der Waals surface area contributed by atoms with Crippen LogP contribution in [0.5, 0.6) is 0 Å². The highest BCUT2D eigenvalue weighted by molar-refractivity contribution is 7.80. The van der Waals surface area contributed by atoms with Gasteiger partial charge in [0.05, 0.1) is 12.5 Å². The molecule has 11 nitrogen and oxygen atoms in total. The molecule has 0 aromatic heterocycles. The quantitative estimate of drug-likeness (QED) is 0.183. The van der Waals surface area contributed by atoms with Gasteiger partial charge in [0.25, 0.3) is 0 Å². The highest BCUT2D eigenvalue weighted by atomic mass is 32.1. The molecule has 0 aliphatic carbocycles. The molecule has 0 radical (unpaired) electrons. The van der Waals surface area contributed by atoms with Gasteiger partial charge in [0, 0.05) is 12.2 Å². The van der Waals surface area contributed by atoms with Crippen molar-refractivity contribution in [1.82, 2.24) is 10.6 Å². The summed E-state index contributed by atoms with van der Waals surface area (Å²) in [7, 11) is 0. The van der Waals surface area contributed by atoms with Crippen LogP contribution >= 0.6 is 12.6 Å². The Balaban J connectivity index is 4.73. The SMILES string of the molecule is NC(=O)CC[C@H](N)C(=O)N[C@@H](CS)C(=O)N[C@@H](CC(N)=O)C(=O)O. The lowest BCUT2D eigenvalue weighted by atomic mass is 10.1. The molecular formula is C12H21N5O6S. The van der Waals surface area contributed by atoms with Crippen molar-refractivity contribution in [1.29, 1.82) is 0 Å². The first kappa shape index (κ1) is 21.7. The van der Waals surface area contributed by atoms with E-state index in [4.69, 9.17) is 22.3 Å². The number of aliphatic carboxylic acids is 1. The van der Waals surface area contributed by atoms with E-state index in [0.29, 0.717) is 0 Å². The topological polar surface area (TPSA) is 208 Å². The first-order valence-electron chi connectivity index (χ1n) is 6.85. The third-order valence-corrected chi connectivity index (χ3v) is 3.24. The molecule has 0 aromatic carbocycles. The van der Waals surface area contributed by atoms with Gasteiger partial charge in [-0.05, 0) is 6.42 Å². The van der Waals surface area contributed by atoms with Crippen molar-refractivity contribution in [2.45, 2.75) is 37.4 Å². The summed E-state index contributed by atoms with van der Waals surface area (Å²) in [5, 5.41) is 13.3. The van der Waals surface area contributed by atoms with E-state index in [1.54, 1.807) is 0 Å². The average Bonchev–Trinajstić information content (AvgIpc) is 2.48. The molecule has 9 N–H and O–H groups in total. The Bertz CT molecular complexity index is 514. The number of primary amides is 2. The summed E-state index contributed by atoms with van der Waals surface area (Å²) in [4.78, 5) is 56.2. The Labute approximate surface area is 143 Å². The molecule has 0 aliphatic heterocycles. The van der Waals surface area contributed by atoms with Crippen molar-refractivity contribution >= 4 is 42.2 Å². The predicted octanol–water partition coefficient (Wildman–Crippen LogP) is -3.56. The first-order valence-corrected chi connectivity index (χ1v) is 7.48. The lowest BCUT2D eigenvalue weighted by molar-refractivity contribution is -0.143. The number of nitrogens with two attached hydrogens (primary N) is 3. The summed E-state index contributed by atoms with van der Waals surface area (Å²) >= 11 is 3.90. The van der Waals surface area contributed by atoms with Gasteiger partial charge in [-0.25, -0.2) is 4.79 Å². The van der Waals surface area contributed by atoms with Crippen LogP contribution in [0, 0.1) is 0 Å². The van der Waals surface area contributed by atoms with Crippen LogP contribution in [-0.4, -0.2) is 58.6 Å². The summed E-state index contributed by atoms with van der Waals surface area (Å²) in [6.45, 7) is 0. The monoisotopic (exact) mass is 363 g/mol. The molecule has 12 heteroatoms. The van der Waals surface area contributed by atoms with E-state index in [-0.39, 0.29) is 18.6 Å². The van der Waals surface area contributed by atoms with Crippen LogP contribution < -0.4 is 27.8 Å². The first-order chi connectivity index (χ1) is 11.1. The molecule has 0 heterocycles. The van der Waals surface area contributed by atoms with Crippen LogP contribution in [0.25, 0.3) is 0 Å². The Morgan fingerprint density at radius 3 is 1.92 bits per heavy atom. The van der Waals surface area contributed by atoms with Crippen molar-refractivity contribution in [3.05, 3.63) is 0 Å². The number of carboxylic acids is 1. The Morgan fingerprint density at radius 1 is 0.958 bits per heavy atom. The number of hydrogen-bond acceptors (Lipinski definition) is 7. The number of nitrogens with one attached hydrogen (secondary N) is 2. The molecule has 0 bridgehead atoms. The van der Waals surface area contributed by atoms with Crippen molar-refractivity contribution in [2.75, 3.05) is 5.75 Å². The van der Waals surface area contributed by atoms with Gasteiger partial charge < -0.3 is 32.9 Å². The van der Waals surface area contributed by atoms with Gasteiger partial charge in [-0.1, -0.05) is 0 Å². The van der Waals surface area contributed by atoms with Crippen LogP contribution in [0.2, 0.25) is 0 Å². The molecule has 3 atom stereocenters. The van der Waals surface area contributed by atoms with Crippen LogP contribution in [0.1, 0.15) is 19.3 Å². The second kappa shape index (κ2) is 10.4. The van der Waals surface area contributed by atoms with Gasteiger partial charge in [-0.3, -0.25) is 19.2 Å². The number of carbonyl (C=O) groups excluding carboxylic acids is 4. The van der Waals surface area contributed by atoms with E-state index in [2.05, 4.69) is 23.3 Å². The summed E-state index contributed by atoms with van der Waals surface area (Å²) < 4.78 is 0. The Morgan fingerprint density at radius 2 is 1.50 bits per heavy atom. The second-order valence-corrected chi connectivity index (χ2v) is 5.29. The maximum atomic E-state index is 12.0. The lowest BCUT2D eigenvalue weighted by Gasteiger charge is -2.21. The minimum absolute atomic E-state index is 0.0124. The van der Waals surface area contributed by atoms with Crippen LogP contribution in [0.15, 0.2) is 0 Å². The van der Waals surface area contributed by atoms with Crippen molar-refractivity contribution in [3.8, 4) is 0 Å². The fraction of sp³-hybridized carbons (Fsp3) is 0.583. The molecule has 0 aliphatic rings. The highest BCUT2D eigenvalue weighted by Crippen LogP contribution is 1.99. The zero-order chi connectivity index (χ0) is 18.9. The van der Waals surface area contributed by atoms with E-state index >= 15 is 0 Å². The van der Waals surface area contributed by atoms with Gasteiger partial charge in [0.1, 0.15) is 12.1 Å². The molecular weight excluding hydrogens is 342 g/mol. The maximum absolute atomic E-state index is 12.0. The van der Waals surface area contributed by atoms with E-state index < -0.39 is 54.1 Å². The average molecular weight is 363 g/mol. The van der Waals surface area contributed by atoms with E-state index in [0.717, 1.165) is 0 Å². The summed E-state index contributed by atoms with van der Waals surface area (Å²) in [5.41, 5.74) is 15.4. The van der Waals surface area contributed by atoms with Crippen molar-refractivity contribution in [2.24, 2.45) is 17.2 Å². The molecule has 0 saturated carbocycles. The molecule has 136 valence electrons. The zero-order valence-corrected chi connectivity index (χ0v) is 13.6. The number of carbonyl (C=O) groups is 5. The van der Waals surface area contributed by atoms with Crippen LogP contribution in [0.4, 0.5) is 0 Å². The molecule has 0 rings (SSSR count). The summed E-state index contributed by atoms with van der Waals surface area (Å²) in [6, 6.07) is -3.79.